The Morgan fingerprint density at radius 2 is 1.80 bits per heavy atom. The van der Waals surface area contributed by atoms with Crippen LogP contribution in [0.1, 0.15) is 0 Å². The van der Waals surface area contributed by atoms with E-state index in [-0.39, 0.29) is 0 Å². The molecule has 0 aromatic heterocycles. The molecule has 0 radical (unpaired) electrons. The lowest BCUT2D eigenvalue weighted by Crippen LogP contribution is -1.25. The van der Waals surface area contributed by atoms with Crippen LogP contribution in [0.2, 0.25) is 0 Å². The Balaban J connectivity index is 0. The summed E-state index contributed by atoms with van der Waals surface area (Å²) in [7, 11) is 1.00. The molecule has 0 aliphatic rings. The van der Waals surface area contributed by atoms with E-state index in [2.05, 4.69) is 0 Å². The zero-order chi connectivity index (χ0) is 4.71. The Kier molecular flexibility index (Phi) is 410. The van der Waals surface area contributed by atoms with Crippen molar-refractivity contribution >= 4 is 0 Å². The second kappa shape index (κ2) is 231. The first-order valence-electron chi connectivity index (χ1n) is 0.871. The molecule has 0 saturated heterocycles. The highest BCUT2D eigenvalue weighted by atomic mass is 16.2. The summed E-state index contributed by atoms with van der Waals surface area (Å²) in [5.41, 5.74) is 12.2. The summed E-state index contributed by atoms with van der Waals surface area (Å²) in [5, 5.41) is 7.00. The van der Waals surface area contributed by atoms with E-state index in [1.165, 1.54) is 0 Å². The van der Waals surface area contributed by atoms with Crippen LogP contribution in [0.5, 0.6) is 0 Å². The fourth-order valence-electron chi connectivity index (χ4n) is 0. The van der Waals surface area contributed by atoms with Crippen LogP contribution in [-0.4, -0.2) is 12.2 Å². The minimum Gasteiger partial charge on any atom is -0.400 e. The molecule has 0 spiro atoms. The summed E-state index contributed by atoms with van der Waals surface area (Å²) in [4.78, 5) is 1.75. The third-order valence-corrected chi connectivity index (χ3v) is 0. The lowest BCUT2D eigenvalue weighted by atomic mass is 11.8. The van der Waals surface area contributed by atoms with Crippen LogP contribution in [0.3, 0.4) is 0 Å². The lowest BCUT2D eigenvalue weighted by Gasteiger charge is -1.21. The van der Waals surface area contributed by atoms with Gasteiger partial charge in [-0.15, -0.1) is 5.53 Å². The summed E-state index contributed by atoms with van der Waals surface area (Å²) in [5.74, 6) is 0. The SMILES string of the molecule is CO.[N-]=[N+]=N. The maximum Gasteiger partial charge on any atom is 0.0319 e. The average Bonchev–Trinajstić information content (AvgIpc) is 1.46. The van der Waals surface area contributed by atoms with E-state index in [0.717, 1.165) is 7.11 Å². The quantitative estimate of drug-likeness (QED) is 0.245. The molecule has 0 amide bonds. The van der Waals surface area contributed by atoms with Gasteiger partial charge in [-0.05, 0) is 10.4 Å². The van der Waals surface area contributed by atoms with Crippen molar-refractivity contribution in [1.82, 2.24) is 0 Å². The summed E-state index contributed by atoms with van der Waals surface area (Å²) in [6.45, 7) is 0. The number of aliphatic hydroxyl groups is 1. The molecule has 0 saturated carbocycles. The average molecular weight is 75.1 g/mol. The molecular weight excluding hydrogens is 70.0 g/mol. The van der Waals surface area contributed by atoms with Crippen LogP contribution in [0.25, 0.3) is 10.4 Å². The van der Waals surface area contributed by atoms with Gasteiger partial charge in [0, 0.05) is 7.11 Å². The molecule has 5 heavy (non-hydrogen) atoms. The number of nitrogens with zero attached hydrogens (tertiary/aromatic N) is 2. The molecule has 0 aromatic carbocycles. The van der Waals surface area contributed by atoms with Crippen molar-refractivity contribution in [3.63, 3.8) is 0 Å². The first-order chi connectivity index (χ1) is 2.41. The topological polar surface area (TPSA) is 80.5 Å². The molecule has 0 bridgehead atoms. The highest BCUT2D eigenvalue weighted by Crippen LogP contribution is 1.24. The van der Waals surface area contributed by atoms with Crippen molar-refractivity contribution in [3.05, 3.63) is 10.4 Å². The van der Waals surface area contributed by atoms with E-state index in [1.807, 2.05) is 0 Å². The molecule has 0 rings (SSSR count). The van der Waals surface area contributed by atoms with Crippen molar-refractivity contribution in [2.45, 2.75) is 0 Å². The number of hydrogen-bond donors (Lipinski definition) is 2. The van der Waals surface area contributed by atoms with E-state index in [0.29, 0.717) is 0 Å². The van der Waals surface area contributed by atoms with Crippen LogP contribution in [0, 0.1) is 5.53 Å². The van der Waals surface area contributed by atoms with Gasteiger partial charge >= 0.3 is 0 Å². The van der Waals surface area contributed by atoms with Crippen LogP contribution in [0.15, 0.2) is 0 Å². The molecule has 2 N–H and O–H groups in total. The molecule has 4 nitrogen and oxygen atoms in total. The molecule has 0 unspecified atom stereocenters. The Bertz CT molecular complexity index is 27.9. The molecule has 0 aliphatic heterocycles. The molecule has 30 valence electrons. The lowest BCUT2D eigenvalue weighted by molar-refractivity contribution is 0.399. The summed E-state index contributed by atoms with van der Waals surface area (Å²) < 4.78 is 0. The zero-order valence-electron chi connectivity index (χ0n) is 2.84. The van der Waals surface area contributed by atoms with Crippen LogP contribution in [0.4, 0.5) is 0 Å². The summed E-state index contributed by atoms with van der Waals surface area (Å²) in [6.07, 6.45) is 0. The normalized spacial score (nSPS) is 2.80. The minimum atomic E-state index is 1.00. The first kappa shape index (κ1) is 8.86. The number of aliphatic hydroxyl groups excluding tert-OH is 1. The van der Waals surface area contributed by atoms with Crippen molar-refractivity contribution in [2.24, 2.45) is 0 Å². The van der Waals surface area contributed by atoms with Crippen LogP contribution < -0.4 is 0 Å². The van der Waals surface area contributed by atoms with Gasteiger partial charge in [-0.3, -0.25) is 0 Å². The third-order valence-electron chi connectivity index (χ3n) is 0. The van der Waals surface area contributed by atoms with E-state index in [9.17, 15) is 0 Å². The van der Waals surface area contributed by atoms with Gasteiger partial charge in [0.25, 0.3) is 0 Å². The fraction of sp³-hybridized carbons (Fsp3) is 1.00. The number of hydrogen-bond acceptors (Lipinski definition) is 2. The van der Waals surface area contributed by atoms with Gasteiger partial charge in [0.05, 0.1) is 0 Å². The Morgan fingerprint density at radius 1 is 1.80 bits per heavy atom. The largest absolute Gasteiger partial charge is 0.400 e. The van der Waals surface area contributed by atoms with E-state index >= 15 is 0 Å². The van der Waals surface area contributed by atoms with Crippen molar-refractivity contribution in [2.75, 3.05) is 7.11 Å². The second-order valence-corrected chi connectivity index (χ2v) is 0.100. The maximum absolute atomic E-state index is 7.00. The number of nitrogens with one attached hydrogen (secondary N) is 1. The molecule has 0 aliphatic carbocycles. The van der Waals surface area contributed by atoms with Gasteiger partial charge in [-0.25, -0.2) is 0 Å². The van der Waals surface area contributed by atoms with Crippen molar-refractivity contribution in [3.8, 4) is 0 Å². The molecule has 0 heterocycles. The van der Waals surface area contributed by atoms with Crippen LogP contribution in [-0.2, 0) is 0 Å². The minimum absolute atomic E-state index is 1.00. The smallest absolute Gasteiger partial charge is 0.0319 e. The monoisotopic (exact) mass is 75.0 g/mol. The van der Waals surface area contributed by atoms with Gasteiger partial charge in [0.1, 0.15) is 0 Å². The highest BCUT2D eigenvalue weighted by Gasteiger charge is 0.973. The zero-order valence-corrected chi connectivity index (χ0v) is 2.84. The third kappa shape index (κ3) is 9.90. The Labute approximate surface area is 29.5 Å². The summed E-state index contributed by atoms with van der Waals surface area (Å²) >= 11 is 0. The summed E-state index contributed by atoms with van der Waals surface area (Å²) in [6, 6.07) is 0. The Morgan fingerprint density at radius 3 is 1.80 bits per heavy atom. The van der Waals surface area contributed by atoms with Crippen molar-refractivity contribution in [1.29, 1.82) is 5.53 Å². The molecule has 4 heteroatoms. The number of rotatable bonds is 0. The van der Waals surface area contributed by atoms with Crippen molar-refractivity contribution < 1.29 is 5.11 Å². The van der Waals surface area contributed by atoms with Gasteiger partial charge in [0.2, 0.25) is 0 Å². The second-order valence-electron chi connectivity index (χ2n) is 0.100. The standard InChI is InChI=1S/CH4O.HN3/c1-2;1-3-2/h2H,1H3;1H. The van der Waals surface area contributed by atoms with E-state index < -0.39 is 0 Å². The van der Waals surface area contributed by atoms with Gasteiger partial charge in [-0.1, -0.05) is 0 Å². The predicted octanol–water partition coefficient (Wildman–Crippen LogP) is 0.484. The fourth-order valence-corrected chi connectivity index (χ4v) is 0. The molecule has 0 aromatic rings. The molecule has 0 atom stereocenters. The molecular formula is CH5N3O. The van der Waals surface area contributed by atoms with Gasteiger partial charge in [-0.2, -0.15) is 0 Å². The van der Waals surface area contributed by atoms with E-state index in [4.69, 9.17) is 16.2 Å². The highest BCUT2D eigenvalue weighted by molar-refractivity contribution is 4.18. The predicted molar refractivity (Wildman–Crippen MR) is 17.6 cm³/mol. The van der Waals surface area contributed by atoms with Gasteiger partial charge < -0.3 is 5.11 Å². The Hall–Kier alpha value is -0.730. The maximum atomic E-state index is 7.00. The molecule has 0 fully saturated rings. The van der Waals surface area contributed by atoms with E-state index in [1.54, 1.807) is 4.91 Å². The first-order valence-corrected chi connectivity index (χ1v) is 0.871. The van der Waals surface area contributed by atoms with Gasteiger partial charge in [0.15, 0.2) is 0 Å². The van der Waals surface area contributed by atoms with Crippen LogP contribution >= 0.6 is 0 Å².